The molecule has 7 nitrogen and oxygen atoms in total. The van der Waals surface area contributed by atoms with E-state index < -0.39 is 0 Å². The summed E-state index contributed by atoms with van der Waals surface area (Å²) in [7, 11) is 1.62. The molecule has 0 radical (unpaired) electrons. The number of ether oxygens (including phenoxy) is 1. The molecule has 7 heteroatoms. The summed E-state index contributed by atoms with van der Waals surface area (Å²) in [6.07, 6.45) is 4.83. The van der Waals surface area contributed by atoms with E-state index in [1.165, 1.54) is 0 Å². The van der Waals surface area contributed by atoms with Crippen LogP contribution in [-0.4, -0.2) is 33.2 Å². The first-order valence-electron chi connectivity index (χ1n) is 10.9. The fourth-order valence-electron chi connectivity index (χ4n) is 3.96. The van der Waals surface area contributed by atoms with E-state index in [0.29, 0.717) is 22.9 Å². The van der Waals surface area contributed by atoms with E-state index in [1.54, 1.807) is 19.4 Å². The summed E-state index contributed by atoms with van der Waals surface area (Å²) in [6, 6.07) is 11.6. The highest BCUT2D eigenvalue weighted by Crippen LogP contribution is 2.41. The molecule has 3 heterocycles. The third-order valence-corrected chi connectivity index (χ3v) is 5.93. The Morgan fingerprint density at radius 3 is 2.81 bits per heavy atom. The average molecular weight is 428 g/mol. The highest BCUT2D eigenvalue weighted by molar-refractivity contribution is 6.05. The molecule has 1 saturated carbocycles. The maximum Gasteiger partial charge on any atom is 0.255 e. The summed E-state index contributed by atoms with van der Waals surface area (Å²) in [6.45, 7) is 4.00. The Morgan fingerprint density at radius 2 is 2.06 bits per heavy atom. The molecule has 0 aliphatic heterocycles. The zero-order valence-corrected chi connectivity index (χ0v) is 18.4. The van der Waals surface area contributed by atoms with Crippen molar-refractivity contribution >= 4 is 22.6 Å². The van der Waals surface area contributed by atoms with Crippen LogP contribution in [0.4, 0.5) is 5.69 Å². The van der Waals surface area contributed by atoms with Crippen LogP contribution >= 0.6 is 0 Å². The molecule has 1 aliphatic carbocycles. The van der Waals surface area contributed by atoms with Crippen LogP contribution in [-0.2, 0) is 6.42 Å². The second kappa shape index (κ2) is 8.07. The van der Waals surface area contributed by atoms with Gasteiger partial charge in [0.25, 0.3) is 5.91 Å². The smallest absolute Gasteiger partial charge is 0.255 e. The van der Waals surface area contributed by atoms with Crippen LogP contribution in [0.2, 0.25) is 0 Å². The number of aryl methyl sites for hydroxylation is 2. The molecule has 4 aromatic rings. The van der Waals surface area contributed by atoms with Crippen molar-refractivity contribution in [1.82, 2.24) is 20.2 Å². The van der Waals surface area contributed by atoms with Gasteiger partial charge in [-0.1, -0.05) is 6.92 Å². The molecule has 0 spiro atoms. The Hall–Kier alpha value is -3.74. The van der Waals surface area contributed by atoms with Crippen LogP contribution in [0.5, 0.6) is 5.75 Å². The van der Waals surface area contributed by atoms with Gasteiger partial charge in [-0.25, -0.2) is 4.98 Å². The lowest BCUT2D eigenvalue weighted by atomic mass is 10.1. The van der Waals surface area contributed by atoms with Crippen molar-refractivity contribution in [3.05, 3.63) is 65.1 Å². The summed E-state index contributed by atoms with van der Waals surface area (Å²) in [5, 5.41) is 11.3. The van der Waals surface area contributed by atoms with Crippen molar-refractivity contribution < 1.29 is 9.53 Å². The standard InChI is InChI=1S/C25H25N5O2/c1-4-22-20-7-8-23(28-24(20)30-29-22)21-12-18(13-26-14(21)2)27-25(31)17-9-16(15-5-6-15)10-19(11-17)32-3/h7-13,15H,4-6H2,1-3H3,(H,27,31)(H,28,29,30). The number of pyridine rings is 2. The minimum atomic E-state index is -0.188. The van der Waals surface area contributed by atoms with Crippen molar-refractivity contribution in [3.63, 3.8) is 0 Å². The molecule has 1 aliphatic rings. The molecule has 0 unspecified atom stereocenters. The zero-order valence-electron chi connectivity index (χ0n) is 18.4. The predicted molar refractivity (Wildman–Crippen MR) is 124 cm³/mol. The number of rotatable bonds is 6. The summed E-state index contributed by atoms with van der Waals surface area (Å²) >= 11 is 0. The zero-order chi connectivity index (χ0) is 22.2. The van der Waals surface area contributed by atoms with Gasteiger partial charge in [-0.3, -0.25) is 14.9 Å². The largest absolute Gasteiger partial charge is 0.497 e. The second-order valence-electron chi connectivity index (χ2n) is 8.20. The van der Waals surface area contributed by atoms with Crippen molar-refractivity contribution in [3.8, 4) is 17.0 Å². The monoisotopic (exact) mass is 427 g/mol. The summed E-state index contributed by atoms with van der Waals surface area (Å²) in [5.41, 5.74) is 6.58. The molecular weight excluding hydrogens is 402 g/mol. The number of fused-ring (bicyclic) bond motifs is 1. The van der Waals surface area contributed by atoms with Gasteiger partial charge in [0.05, 0.1) is 30.4 Å². The van der Waals surface area contributed by atoms with Crippen LogP contribution in [0, 0.1) is 6.92 Å². The van der Waals surface area contributed by atoms with E-state index in [9.17, 15) is 4.79 Å². The van der Waals surface area contributed by atoms with E-state index in [0.717, 1.165) is 58.5 Å². The summed E-state index contributed by atoms with van der Waals surface area (Å²) < 4.78 is 5.40. The number of carbonyl (C=O) groups is 1. The number of hydrogen-bond donors (Lipinski definition) is 2. The topological polar surface area (TPSA) is 92.8 Å². The van der Waals surface area contributed by atoms with Crippen LogP contribution in [0.25, 0.3) is 22.3 Å². The van der Waals surface area contributed by atoms with Crippen molar-refractivity contribution in [2.24, 2.45) is 0 Å². The summed E-state index contributed by atoms with van der Waals surface area (Å²) in [4.78, 5) is 22.2. The number of nitrogens with one attached hydrogen (secondary N) is 2. The first-order chi connectivity index (χ1) is 15.6. The number of amides is 1. The molecule has 0 saturated heterocycles. The maximum atomic E-state index is 13.0. The molecule has 1 aromatic carbocycles. The highest BCUT2D eigenvalue weighted by Gasteiger charge is 2.25. The van der Waals surface area contributed by atoms with Crippen LogP contribution in [0.1, 0.15) is 53.0 Å². The molecule has 162 valence electrons. The minimum Gasteiger partial charge on any atom is -0.497 e. The fraction of sp³-hybridized carbons (Fsp3) is 0.280. The Labute approximate surface area is 186 Å². The molecule has 0 bridgehead atoms. The maximum absolute atomic E-state index is 13.0. The number of methoxy groups -OCH3 is 1. The molecule has 1 amide bonds. The van der Waals surface area contributed by atoms with Gasteiger partial charge in [0, 0.05) is 22.2 Å². The van der Waals surface area contributed by atoms with Gasteiger partial charge in [-0.2, -0.15) is 5.10 Å². The number of carbonyl (C=O) groups excluding carboxylic acids is 1. The second-order valence-corrected chi connectivity index (χ2v) is 8.20. The molecular formula is C25H25N5O2. The first-order valence-corrected chi connectivity index (χ1v) is 10.9. The van der Waals surface area contributed by atoms with E-state index in [-0.39, 0.29) is 5.91 Å². The normalized spacial score (nSPS) is 13.3. The van der Waals surface area contributed by atoms with E-state index >= 15 is 0 Å². The lowest BCUT2D eigenvalue weighted by molar-refractivity contribution is 0.102. The van der Waals surface area contributed by atoms with Crippen molar-refractivity contribution in [2.45, 2.75) is 39.0 Å². The predicted octanol–water partition coefficient (Wildman–Crippen LogP) is 5.03. The summed E-state index contributed by atoms with van der Waals surface area (Å²) in [5.74, 6) is 1.04. The Kier molecular flexibility index (Phi) is 5.09. The third-order valence-electron chi connectivity index (χ3n) is 5.93. The number of H-pyrrole nitrogens is 1. The first kappa shape index (κ1) is 20.2. The van der Waals surface area contributed by atoms with E-state index in [1.807, 2.05) is 37.3 Å². The van der Waals surface area contributed by atoms with Gasteiger partial charge in [0.15, 0.2) is 5.65 Å². The van der Waals surface area contributed by atoms with Gasteiger partial charge in [0.2, 0.25) is 0 Å². The Balaban J connectivity index is 1.44. The molecule has 5 rings (SSSR count). The van der Waals surface area contributed by atoms with Gasteiger partial charge >= 0.3 is 0 Å². The molecule has 1 fully saturated rings. The van der Waals surface area contributed by atoms with Gasteiger partial charge < -0.3 is 10.1 Å². The number of benzene rings is 1. The van der Waals surface area contributed by atoms with Crippen molar-refractivity contribution in [2.75, 3.05) is 12.4 Å². The molecule has 32 heavy (non-hydrogen) atoms. The Bertz CT molecular complexity index is 1320. The lowest BCUT2D eigenvalue weighted by Gasteiger charge is -2.11. The number of anilines is 1. The average Bonchev–Trinajstić information content (AvgIpc) is 3.59. The van der Waals surface area contributed by atoms with Crippen LogP contribution in [0.3, 0.4) is 0 Å². The number of aromatic amines is 1. The van der Waals surface area contributed by atoms with Gasteiger partial charge in [0.1, 0.15) is 5.75 Å². The minimum absolute atomic E-state index is 0.188. The highest BCUT2D eigenvalue weighted by atomic mass is 16.5. The van der Waals surface area contributed by atoms with Crippen LogP contribution in [0.15, 0.2) is 42.6 Å². The van der Waals surface area contributed by atoms with Gasteiger partial charge in [-0.15, -0.1) is 0 Å². The quantitative estimate of drug-likeness (QED) is 0.450. The number of aromatic nitrogens is 4. The fourth-order valence-corrected chi connectivity index (χ4v) is 3.96. The van der Waals surface area contributed by atoms with Gasteiger partial charge in [-0.05, 0) is 74.1 Å². The number of hydrogen-bond acceptors (Lipinski definition) is 5. The molecule has 0 atom stereocenters. The molecule has 3 aromatic heterocycles. The lowest BCUT2D eigenvalue weighted by Crippen LogP contribution is -2.13. The van der Waals surface area contributed by atoms with Crippen LogP contribution < -0.4 is 10.1 Å². The SMILES string of the molecule is CCc1n[nH]c2nc(-c3cc(NC(=O)c4cc(OC)cc(C5CC5)c4)cnc3C)ccc12. The van der Waals surface area contributed by atoms with E-state index in [4.69, 9.17) is 9.72 Å². The third kappa shape index (κ3) is 3.82. The van der Waals surface area contributed by atoms with E-state index in [2.05, 4.69) is 27.4 Å². The molecule has 2 N–H and O–H groups in total. The number of nitrogens with zero attached hydrogens (tertiary/aromatic N) is 3. The van der Waals surface area contributed by atoms with Crippen molar-refractivity contribution in [1.29, 1.82) is 0 Å². The Morgan fingerprint density at radius 1 is 1.22 bits per heavy atom.